The third-order valence-electron chi connectivity index (χ3n) is 17.6. The van der Waals surface area contributed by atoms with Gasteiger partial charge < -0.3 is 27.9 Å². The lowest BCUT2D eigenvalue weighted by Gasteiger charge is -2.28. The number of phosphoric acid groups is 1. The van der Waals surface area contributed by atoms with Gasteiger partial charge in [0.05, 0.1) is 27.7 Å². The molecular formula is C85H152NO8P. The maximum Gasteiger partial charge on any atom is 0.306 e. The van der Waals surface area contributed by atoms with Crippen LogP contribution in [0.25, 0.3) is 0 Å². The number of carbonyl (C=O) groups is 2. The van der Waals surface area contributed by atoms with Crippen LogP contribution in [0.4, 0.5) is 0 Å². The molecule has 2 unspecified atom stereocenters. The maximum absolute atomic E-state index is 12.9. The molecule has 0 aliphatic heterocycles. The molecule has 0 N–H and O–H groups in total. The van der Waals surface area contributed by atoms with Crippen LogP contribution in [0.5, 0.6) is 0 Å². The van der Waals surface area contributed by atoms with Crippen LogP contribution < -0.4 is 4.89 Å². The summed E-state index contributed by atoms with van der Waals surface area (Å²) in [4.78, 5) is 38.2. The Labute approximate surface area is 588 Å². The molecule has 550 valence electrons. The molecule has 0 heterocycles. The minimum Gasteiger partial charge on any atom is -0.756 e. The van der Waals surface area contributed by atoms with Crippen LogP contribution in [0, 0.1) is 0 Å². The number of nitrogens with zero attached hydrogens (tertiary/aromatic N) is 1. The van der Waals surface area contributed by atoms with E-state index in [1.807, 2.05) is 21.1 Å². The van der Waals surface area contributed by atoms with Crippen molar-refractivity contribution in [1.29, 1.82) is 0 Å². The van der Waals surface area contributed by atoms with Gasteiger partial charge in [0.25, 0.3) is 7.82 Å². The third kappa shape index (κ3) is 79.5. The Bertz CT molecular complexity index is 1970. The van der Waals surface area contributed by atoms with Crippen molar-refractivity contribution >= 4 is 19.8 Å². The molecule has 9 nitrogen and oxygen atoms in total. The van der Waals surface area contributed by atoms with E-state index in [2.05, 4.69) is 123 Å². The van der Waals surface area contributed by atoms with Gasteiger partial charge >= 0.3 is 11.9 Å². The van der Waals surface area contributed by atoms with E-state index in [4.69, 9.17) is 18.5 Å². The number of allylic oxidation sites excluding steroid dienone is 18. The summed E-state index contributed by atoms with van der Waals surface area (Å²) in [5.41, 5.74) is 0. The first-order chi connectivity index (χ1) is 46.5. The summed E-state index contributed by atoms with van der Waals surface area (Å²) in [6.07, 6.45) is 106. The maximum atomic E-state index is 12.9. The SMILES string of the molecule is CC/C=C\C/C=C\C/C=C\C/C=C\C/C=C\C/C=C\C/C=C\C/C=C\C/C=C\CCCCCCCCCCCC(=O)OC(COC(=O)CCCCCCCCCCCCCCCCCCCCCCCCCCCCCCCCCCCC)COP(=O)([O-])OCC[N+](C)(C)C. The van der Waals surface area contributed by atoms with Crippen LogP contribution in [0.1, 0.15) is 367 Å². The normalized spacial score (nSPS) is 13.6. The number of hydrogen-bond donors (Lipinski definition) is 0. The standard InChI is InChI=1S/C85H152NO8P/c1-6-8-10-12-14-16-18-20-22-24-26-28-30-32-34-36-38-40-42-43-44-46-48-50-52-54-56-58-60-62-64-66-68-70-72-74-76-78-85(88)94-83(82-93-95(89,90)92-80-79-86(3,4)5)81-91-84(87)77-75-73-71-69-67-65-63-61-59-57-55-53-51-49-47-45-41-39-37-35-33-31-29-27-25-23-21-19-17-15-13-11-9-7-2/h8,10,14,16,20,22,26,28,32,34,38,40,43-44,48,50,54,56,83H,6-7,9,11-13,15,17-19,21,23-25,27,29-31,33,35-37,39,41-42,45-47,49,51-53,55,57-82H2,1-5H3/b10-8-,16-14-,22-20-,28-26-,34-32-,40-38-,44-43-,50-48-,56-54-. The van der Waals surface area contributed by atoms with Crippen LogP contribution in [-0.2, 0) is 32.7 Å². The van der Waals surface area contributed by atoms with Gasteiger partial charge in [0.1, 0.15) is 19.8 Å². The highest BCUT2D eigenvalue weighted by Crippen LogP contribution is 2.38. The van der Waals surface area contributed by atoms with Crippen LogP contribution in [0.15, 0.2) is 109 Å². The second kappa shape index (κ2) is 74.9. The van der Waals surface area contributed by atoms with Crippen LogP contribution >= 0.6 is 7.82 Å². The van der Waals surface area contributed by atoms with Crippen molar-refractivity contribution in [3.8, 4) is 0 Å². The van der Waals surface area contributed by atoms with E-state index in [-0.39, 0.29) is 32.0 Å². The van der Waals surface area contributed by atoms with Crippen molar-refractivity contribution in [2.24, 2.45) is 0 Å². The van der Waals surface area contributed by atoms with Gasteiger partial charge in [0.15, 0.2) is 6.10 Å². The predicted molar refractivity (Wildman–Crippen MR) is 411 cm³/mol. The fourth-order valence-electron chi connectivity index (χ4n) is 11.5. The van der Waals surface area contributed by atoms with E-state index in [0.717, 1.165) is 103 Å². The first kappa shape index (κ1) is 91.7. The van der Waals surface area contributed by atoms with Crippen molar-refractivity contribution in [2.75, 3.05) is 47.5 Å². The lowest BCUT2D eigenvalue weighted by atomic mass is 10.0. The number of ether oxygens (including phenoxy) is 2. The van der Waals surface area contributed by atoms with Gasteiger partial charge in [-0.1, -0.05) is 380 Å². The first-order valence-corrected chi connectivity index (χ1v) is 41.6. The average Bonchev–Trinajstić information content (AvgIpc) is 1.80. The summed E-state index contributed by atoms with van der Waals surface area (Å²) >= 11 is 0. The molecule has 0 fully saturated rings. The summed E-state index contributed by atoms with van der Waals surface area (Å²) in [6, 6.07) is 0. The second-order valence-electron chi connectivity index (χ2n) is 28.1. The highest BCUT2D eigenvalue weighted by molar-refractivity contribution is 7.45. The fraction of sp³-hybridized carbons (Fsp3) is 0.765. The first-order valence-electron chi connectivity index (χ1n) is 40.1. The van der Waals surface area contributed by atoms with Crippen molar-refractivity contribution in [2.45, 2.75) is 373 Å². The smallest absolute Gasteiger partial charge is 0.306 e. The monoisotopic (exact) mass is 1350 g/mol. The number of quaternary nitrogens is 1. The minimum atomic E-state index is -4.65. The molecule has 0 aliphatic rings. The summed E-state index contributed by atoms with van der Waals surface area (Å²) < 4.78 is 34.4. The Hall–Kier alpha value is -3.33. The zero-order valence-corrected chi connectivity index (χ0v) is 63.7. The van der Waals surface area contributed by atoms with E-state index in [1.165, 1.54) is 231 Å². The number of phosphoric ester groups is 1. The molecule has 0 saturated carbocycles. The van der Waals surface area contributed by atoms with Crippen molar-refractivity contribution in [1.82, 2.24) is 0 Å². The molecule has 0 spiro atoms. The van der Waals surface area contributed by atoms with Gasteiger partial charge in [-0.3, -0.25) is 14.2 Å². The fourth-order valence-corrected chi connectivity index (χ4v) is 12.2. The molecule has 0 aromatic heterocycles. The Morgan fingerprint density at radius 2 is 0.600 bits per heavy atom. The van der Waals surface area contributed by atoms with Gasteiger partial charge in [-0.05, 0) is 83.5 Å². The number of carbonyl (C=O) groups excluding carboxylic acids is 2. The molecule has 95 heavy (non-hydrogen) atoms. The van der Waals surface area contributed by atoms with Gasteiger partial charge in [-0.25, -0.2) is 0 Å². The number of esters is 2. The zero-order valence-electron chi connectivity index (χ0n) is 62.8. The average molecular weight is 1350 g/mol. The largest absolute Gasteiger partial charge is 0.756 e. The number of unbranched alkanes of at least 4 members (excludes halogenated alkanes) is 42. The molecule has 10 heteroatoms. The lowest BCUT2D eigenvalue weighted by molar-refractivity contribution is -0.870. The molecule has 2 atom stereocenters. The summed E-state index contributed by atoms with van der Waals surface area (Å²) in [5.74, 6) is -0.830. The molecule has 0 bridgehead atoms. The van der Waals surface area contributed by atoms with E-state index in [9.17, 15) is 19.0 Å². The summed E-state index contributed by atoms with van der Waals surface area (Å²) in [7, 11) is 1.17. The van der Waals surface area contributed by atoms with Crippen LogP contribution in [-0.4, -0.2) is 70.0 Å². The Morgan fingerprint density at radius 1 is 0.337 bits per heavy atom. The second-order valence-corrected chi connectivity index (χ2v) is 29.5. The van der Waals surface area contributed by atoms with Gasteiger partial charge in [-0.2, -0.15) is 0 Å². The Balaban J connectivity index is 4.00. The summed E-state index contributed by atoms with van der Waals surface area (Å²) in [5, 5.41) is 0. The van der Waals surface area contributed by atoms with Gasteiger partial charge in [-0.15, -0.1) is 0 Å². The molecule has 0 aromatic rings. The molecule has 0 rings (SSSR count). The Kier molecular flexibility index (Phi) is 72.3. The topological polar surface area (TPSA) is 111 Å². The van der Waals surface area contributed by atoms with Crippen molar-refractivity contribution < 1.29 is 42.1 Å². The number of likely N-dealkylation sites (N-methyl/N-ethyl adjacent to an activating group) is 1. The molecule has 0 aliphatic carbocycles. The Morgan fingerprint density at radius 3 is 0.895 bits per heavy atom. The highest BCUT2D eigenvalue weighted by Gasteiger charge is 2.22. The quantitative estimate of drug-likeness (QED) is 0.0195. The lowest BCUT2D eigenvalue weighted by Crippen LogP contribution is -2.37. The summed E-state index contributed by atoms with van der Waals surface area (Å²) in [6.45, 7) is 4.17. The molecule has 0 radical (unpaired) electrons. The molecule has 0 saturated heterocycles. The van der Waals surface area contributed by atoms with E-state index >= 15 is 0 Å². The van der Waals surface area contributed by atoms with Crippen LogP contribution in [0.2, 0.25) is 0 Å². The third-order valence-corrected chi connectivity index (χ3v) is 18.5. The number of rotatable bonds is 74. The number of hydrogen-bond acceptors (Lipinski definition) is 8. The van der Waals surface area contributed by atoms with Crippen LogP contribution in [0.3, 0.4) is 0 Å². The molecule has 0 aromatic carbocycles. The van der Waals surface area contributed by atoms with Crippen molar-refractivity contribution in [3.05, 3.63) is 109 Å². The van der Waals surface area contributed by atoms with E-state index in [1.54, 1.807) is 0 Å². The molecule has 0 amide bonds. The van der Waals surface area contributed by atoms with E-state index < -0.39 is 26.5 Å². The van der Waals surface area contributed by atoms with Crippen molar-refractivity contribution in [3.63, 3.8) is 0 Å². The zero-order chi connectivity index (χ0) is 69.0. The van der Waals surface area contributed by atoms with E-state index in [0.29, 0.717) is 17.4 Å². The molecular weight excluding hydrogens is 1190 g/mol. The van der Waals surface area contributed by atoms with Gasteiger partial charge in [0.2, 0.25) is 0 Å². The van der Waals surface area contributed by atoms with Gasteiger partial charge in [0, 0.05) is 12.8 Å². The highest BCUT2D eigenvalue weighted by atomic mass is 31.2. The predicted octanol–water partition coefficient (Wildman–Crippen LogP) is 26.2. The minimum absolute atomic E-state index is 0.0348.